The van der Waals surface area contributed by atoms with E-state index in [1.807, 2.05) is 0 Å². The van der Waals surface area contributed by atoms with E-state index in [1.54, 1.807) is 0 Å². The molecule has 1 aliphatic rings. The van der Waals surface area contributed by atoms with Crippen LogP contribution in [0.1, 0.15) is 188 Å². The van der Waals surface area contributed by atoms with Crippen molar-refractivity contribution in [3.63, 3.8) is 0 Å². The first-order valence-electron chi connectivity index (χ1n) is 21.9. The Kier molecular flexibility index (Phi) is 27.5. The molecule has 1 heterocycles. The molecule has 1 rings (SSSR count). The molecule has 0 aromatic carbocycles. The highest BCUT2D eigenvalue weighted by atomic mass is 16.6. The maximum absolute atomic E-state index is 14.0. The van der Waals surface area contributed by atoms with Crippen LogP contribution in [0, 0.1) is 5.92 Å². The first-order chi connectivity index (χ1) is 25.9. The van der Waals surface area contributed by atoms with Crippen LogP contribution in [0.4, 0.5) is 0 Å². The molecular weight excluding hydrogens is 684 g/mol. The monoisotopic (exact) mass is 767 g/mol. The maximum Gasteiger partial charge on any atom is 0.225 e. The molecule has 1 aliphatic heterocycles. The van der Waals surface area contributed by atoms with E-state index < -0.39 is 60.3 Å². The van der Waals surface area contributed by atoms with E-state index >= 15 is 0 Å². The molecule has 1 fully saturated rings. The summed E-state index contributed by atoms with van der Waals surface area (Å²) in [5, 5.41) is 32.2. The van der Waals surface area contributed by atoms with Gasteiger partial charge in [-0.15, -0.1) is 0 Å². The van der Waals surface area contributed by atoms with Gasteiger partial charge in [0.1, 0.15) is 23.7 Å². The average Bonchev–Trinajstić information content (AvgIpc) is 3.15. The Morgan fingerprint density at radius 1 is 0.704 bits per heavy atom. The molecular formula is C43H82N4O7. The van der Waals surface area contributed by atoms with Gasteiger partial charge in [-0.25, -0.2) is 0 Å². The average molecular weight is 767 g/mol. The Hall–Kier alpha value is -1.73. The second-order valence-electron chi connectivity index (χ2n) is 16.0. The number of nitrogens with zero attached hydrogens (tertiary/aromatic N) is 1. The van der Waals surface area contributed by atoms with Gasteiger partial charge in [0.25, 0.3) is 0 Å². The summed E-state index contributed by atoms with van der Waals surface area (Å²) in [5.41, 5.74) is 16.5. The number of rotatable bonds is 34. The molecule has 6 atom stereocenters. The van der Waals surface area contributed by atoms with Crippen LogP contribution >= 0.6 is 0 Å². The lowest BCUT2D eigenvalue weighted by Crippen LogP contribution is -2.77. The third-order valence-corrected chi connectivity index (χ3v) is 11.2. The van der Waals surface area contributed by atoms with Crippen molar-refractivity contribution in [3.8, 4) is 0 Å². The van der Waals surface area contributed by atoms with Crippen LogP contribution in [-0.4, -0.2) is 87.1 Å². The fourth-order valence-electron chi connectivity index (χ4n) is 7.53. The number of carbonyl (C=O) groups is 3. The fourth-order valence-corrected chi connectivity index (χ4v) is 7.53. The summed E-state index contributed by atoms with van der Waals surface area (Å²) in [6.07, 6.45) is 27.9. The van der Waals surface area contributed by atoms with E-state index in [9.17, 15) is 29.7 Å². The molecule has 0 aromatic rings. The van der Waals surface area contributed by atoms with Gasteiger partial charge in [-0.1, -0.05) is 148 Å². The number of hydrogen-bond donors (Lipinski definition) is 6. The number of Topliss-reactive ketones (excluding diaryl/α,β-unsaturated/α-hetero) is 2. The molecule has 9 N–H and O–H groups in total. The Labute approximate surface area is 328 Å². The zero-order valence-electron chi connectivity index (χ0n) is 34.6. The predicted octanol–water partition coefficient (Wildman–Crippen LogP) is 6.71. The normalized spacial score (nSPS) is 22.8. The molecule has 0 saturated carbocycles. The van der Waals surface area contributed by atoms with Crippen molar-refractivity contribution in [2.24, 2.45) is 23.1 Å². The number of ether oxygens (including phenoxy) is 1. The molecule has 0 aliphatic carbocycles. The van der Waals surface area contributed by atoms with Gasteiger partial charge >= 0.3 is 0 Å². The SMILES string of the molecule is CCCCCCCC/C=C\CCCCCCCC(=O)N(CCCCCCCCCCCCCC)[C@]1(N)O[C@H](CO)[C@@H](O)[C@H](O)[C@H]1C(=O)[C@](C)(N)C(=O)CN. The van der Waals surface area contributed by atoms with Crippen LogP contribution in [0.25, 0.3) is 0 Å². The number of carbonyl (C=O) groups excluding carboxylic acids is 3. The molecule has 11 heteroatoms. The Bertz CT molecular complexity index is 1040. The lowest BCUT2D eigenvalue weighted by molar-refractivity contribution is -0.292. The van der Waals surface area contributed by atoms with E-state index in [-0.39, 0.29) is 18.9 Å². The number of hydrogen-bond acceptors (Lipinski definition) is 10. The summed E-state index contributed by atoms with van der Waals surface area (Å²) in [5.74, 6) is -6.17. The van der Waals surface area contributed by atoms with Crippen molar-refractivity contribution < 1.29 is 34.4 Å². The van der Waals surface area contributed by atoms with E-state index in [2.05, 4.69) is 26.0 Å². The molecule has 316 valence electrons. The molecule has 0 spiro atoms. The molecule has 0 radical (unpaired) electrons. The first-order valence-corrected chi connectivity index (χ1v) is 21.9. The zero-order valence-corrected chi connectivity index (χ0v) is 34.6. The van der Waals surface area contributed by atoms with Gasteiger partial charge in [-0.3, -0.25) is 20.1 Å². The quantitative estimate of drug-likeness (QED) is 0.0177. The summed E-state index contributed by atoms with van der Waals surface area (Å²) in [6.45, 7) is 4.54. The largest absolute Gasteiger partial charge is 0.394 e. The molecule has 0 unspecified atom stereocenters. The lowest BCUT2D eigenvalue weighted by atomic mass is 9.75. The number of ketones is 2. The first kappa shape index (κ1) is 50.3. The molecule has 1 saturated heterocycles. The van der Waals surface area contributed by atoms with Crippen LogP contribution in [0.2, 0.25) is 0 Å². The van der Waals surface area contributed by atoms with Gasteiger partial charge < -0.3 is 36.4 Å². The molecule has 1 amide bonds. The fraction of sp³-hybridized carbons (Fsp3) is 0.884. The Morgan fingerprint density at radius 2 is 1.13 bits per heavy atom. The molecule has 54 heavy (non-hydrogen) atoms. The smallest absolute Gasteiger partial charge is 0.225 e. The van der Waals surface area contributed by atoms with E-state index in [0.717, 1.165) is 64.2 Å². The topological polar surface area (TPSA) is 202 Å². The number of aliphatic hydroxyl groups excluding tert-OH is 3. The highest BCUT2D eigenvalue weighted by Crippen LogP contribution is 2.38. The lowest BCUT2D eigenvalue weighted by Gasteiger charge is -2.53. The van der Waals surface area contributed by atoms with Gasteiger partial charge in [0.2, 0.25) is 11.8 Å². The van der Waals surface area contributed by atoms with Crippen LogP contribution in [0.15, 0.2) is 12.2 Å². The number of nitrogens with two attached hydrogens (primary N) is 3. The second-order valence-corrected chi connectivity index (χ2v) is 16.0. The minimum absolute atomic E-state index is 0.134. The summed E-state index contributed by atoms with van der Waals surface area (Å²) in [6, 6.07) is 0. The summed E-state index contributed by atoms with van der Waals surface area (Å²) in [7, 11) is 0. The van der Waals surface area contributed by atoms with Crippen molar-refractivity contribution in [3.05, 3.63) is 12.2 Å². The van der Waals surface area contributed by atoms with Crippen LogP contribution in [0.5, 0.6) is 0 Å². The van der Waals surface area contributed by atoms with Crippen molar-refractivity contribution >= 4 is 17.5 Å². The molecule has 0 bridgehead atoms. The van der Waals surface area contributed by atoms with Gasteiger partial charge in [0, 0.05) is 13.0 Å². The molecule has 11 nitrogen and oxygen atoms in total. The van der Waals surface area contributed by atoms with Crippen molar-refractivity contribution in [1.29, 1.82) is 0 Å². The van der Waals surface area contributed by atoms with Crippen molar-refractivity contribution in [2.75, 3.05) is 19.7 Å². The van der Waals surface area contributed by atoms with E-state index in [4.69, 9.17) is 21.9 Å². The maximum atomic E-state index is 14.0. The highest BCUT2D eigenvalue weighted by molar-refractivity contribution is 6.13. The third-order valence-electron chi connectivity index (χ3n) is 11.2. The summed E-state index contributed by atoms with van der Waals surface area (Å²) >= 11 is 0. The zero-order chi connectivity index (χ0) is 40.2. The third kappa shape index (κ3) is 18.0. The van der Waals surface area contributed by atoms with E-state index in [1.165, 1.54) is 95.3 Å². The second kappa shape index (κ2) is 29.5. The van der Waals surface area contributed by atoms with Crippen LogP contribution in [0.3, 0.4) is 0 Å². The summed E-state index contributed by atoms with van der Waals surface area (Å²) < 4.78 is 6.02. The van der Waals surface area contributed by atoms with Crippen LogP contribution < -0.4 is 17.2 Å². The van der Waals surface area contributed by atoms with Gasteiger partial charge in [0.05, 0.1) is 19.3 Å². The highest BCUT2D eigenvalue weighted by Gasteiger charge is 2.61. The number of aliphatic hydroxyl groups is 3. The van der Waals surface area contributed by atoms with Crippen molar-refractivity contribution in [2.45, 2.75) is 217 Å². The number of allylic oxidation sites excluding steroid dienone is 2. The standard InChI is InChI=1S/C43H82N4O7/c1-4-6-8-10-12-14-16-18-19-20-21-23-25-27-29-31-37(50)47(32-30-28-26-24-22-17-15-13-11-9-7-5-2)43(46)38(40(52)39(51)35(34-48)54-43)41(53)42(3,45)36(49)33-44/h18-19,35,38-40,48,51-52H,4-17,20-34,44-46H2,1-3H3/b19-18-/t35-,38+,39-,40-,42-,43+/m1/s1. The van der Waals surface area contributed by atoms with Gasteiger partial charge in [-0.2, -0.15) is 0 Å². The summed E-state index contributed by atoms with van der Waals surface area (Å²) in [4.78, 5) is 41.9. The Balaban J connectivity index is 2.89. The van der Waals surface area contributed by atoms with Crippen molar-refractivity contribution in [1.82, 2.24) is 4.90 Å². The predicted molar refractivity (Wildman–Crippen MR) is 218 cm³/mol. The minimum Gasteiger partial charge on any atom is -0.394 e. The Morgan fingerprint density at radius 3 is 1.57 bits per heavy atom. The van der Waals surface area contributed by atoms with Crippen LogP contribution in [-0.2, 0) is 19.1 Å². The minimum atomic E-state index is -2.27. The molecule has 0 aromatic heterocycles. The van der Waals surface area contributed by atoms with Gasteiger partial charge in [0.15, 0.2) is 11.6 Å². The number of amides is 1. The van der Waals surface area contributed by atoms with Gasteiger partial charge in [-0.05, 0) is 45.4 Å². The number of unbranched alkanes of at least 4 members (excludes halogenated alkanes) is 22. The van der Waals surface area contributed by atoms with E-state index in [0.29, 0.717) is 12.8 Å².